The van der Waals surface area contributed by atoms with E-state index in [1.165, 1.54) is 0 Å². The first kappa shape index (κ1) is 12.3. The summed E-state index contributed by atoms with van der Waals surface area (Å²) >= 11 is 5.70. The Kier molecular flexibility index (Phi) is 3.64. The molecule has 0 saturated heterocycles. The van der Waals surface area contributed by atoms with Gasteiger partial charge < -0.3 is 10.4 Å². The first-order valence-corrected chi connectivity index (χ1v) is 6.10. The zero-order chi connectivity index (χ0) is 12.3. The molecular formula is C12H15ClN2O2. The van der Waals surface area contributed by atoms with E-state index in [1.54, 1.807) is 18.2 Å². The average Bonchev–Trinajstić information content (AvgIpc) is 2.74. The van der Waals surface area contributed by atoms with Gasteiger partial charge in [0.15, 0.2) is 0 Å². The Morgan fingerprint density at radius 2 is 2.18 bits per heavy atom. The number of nitrogens with zero attached hydrogens (tertiary/aromatic N) is 1. The molecule has 1 amide bonds. The predicted molar refractivity (Wildman–Crippen MR) is 65.0 cm³/mol. The Hall–Kier alpha value is -1.13. The Morgan fingerprint density at radius 3 is 2.82 bits per heavy atom. The first-order valence-electron chi connectivity index (χ1n) is 5.72. The van der Waals surface area contributed by atoms with Crippen LogP contribution in [0.1, 0.15) is 36.2 Å². The lowest BCUT2D eigenvalue weighted by molar-refractivity contribution is 0.0448. The Bertz CT molecular complexity index is 417. The molecule has 4 nitrogen and oxygen atoms in total. The second-order valence-corrected chi connectivity index (χ2v) is 4.85. The minimum Gasteiger partial charge on any atom is -0.388 e. The summed E-state index contributed by atoms with van der Waals surface area (Å²) in [5.74, 6) is -0.298. The SMILES string of the molecule is O=C(NCC1(O)CCCC1)c1cccc(Cl)n1. The van der Waals surface area contributed by atoms with Gasteiger partial charge in [-0.25, -0.2) is 4.98 Å². The van der Waals surface area contributed by atoms with E-state index < -0.39 is 5.60 Å². The first-order chi connectivity index (χ1) is 8.09. The molecule has 0 aromatic carbocycles. The number of aromatic nitrogens is 1. The Balaban J connectivity index is 1.93. The van der Waals surface area contributed by atoms with Crippen molar-refractivity contribution < 1.29 is 9.90 Å². The van der Waals surface area contributed by atoms with Crippen LogP contribution in [0.15, 0.2) is 18.2 Å². The molecule has 1 aromatic rings. The van der Waals surface area contributed by atoms with Crippen LogP contribution in [0.25, 0.3) is 0 Å². The quantitative estimate of drug-likeness (QED) is 0.808. The number of amides is 1. The third-order valence-corrected chi connectivity index (χ3v) is 3.27. The largest absolute Gasteiger partial charge is 0.388 e. The summed E-state index contributed by atoms with van der Waals surface area (Å²) in [5.41, 5.74) is -0.465. The van der Waals surface area contributed by atoms with Crippen LogP contribution in [0.2, 0.25) is 5.15 Å². The molecule has 92 valence electrons. The number of hydrogen-bond acceptors (Lipinski definition) is 3. The Morgan fingerprint density at radius 1 is 1.47 bits per heavy atom. The second-order valence-electron chi connectivity index (χ2n) is 4.46. The average molecular weight is 255 g/mol. The predicted octanol–water partition coefficient (Wildman–Crippen LogP) is 1.77. The highest BCUT2D eigenvalue weighted by atomic mass is 35.5. The van der Waals surface area contributed by atoms with E-state index in [0.717, 1.165) is 25.7 Å². The molecule has 1 aliphatic carbocycles. The van der Waals surface area contributed by atoms with Gasteiger partial charge >= 0.3 is 0 Å². The van der Waals surface area contributed by atoms with Crippen LogP contribution in [0.4, 0.5) is 0 Å². The van der Waals surface area contributed by atoms with E-state index in [0.29, 0.717) is 0 Å². The van der Waals surface area contributed by atoms with Crippen LogP contribution in [0.3, 0.4) is 0 Å². The standard InChI is InChI=1S/C12H15ClN2O2/c13-10-5-3-4-9(15-10)11(16)14-8-12(17)6-1-2-7-12/h3-5,17H,1-2,6-8H2,(H,14,16). The summed E-state index contributed by atoms with van der Waals surface area (Å²) < 4.78 is 0. The highest BCUT2D eigenvalue weighted by Gasteiger charge is 2.31. The molecule has 1 heterocycles. The topological polar surface area (TPSA) is 62.2 Å². The number of hydrogen-bond donors (Lipinski definition) is 2. The maximum Gasteiger partial charge on any atom is 0.270 e. The normalized spacial score (nSPS) is 18.0. The van der Waals surface area contributed by atoms with Crippen molar-refractivity contribution >= 4 is 17.5 Å². The highest BCUT2D eigenvalue weighted by Crippen LogP contribution is 2.28. The summed E-state index contributed by atoms with van der Waals surface area (Å²) in [7, 11) is 0. The minimum absolute atomic E-state index is 0.277. The van der Waals surface area contributed by atoms with E-state index in [4.69, 9.17) is 11.6 Å². The molecule has 5 heteroatoms. The number of halogens is 1. The van der Waals surface area contributed by atoms with Gasteiger partial charge in [0.05, 0.1) is 5.60 Å². The fraction of sp³-hybridized carbons (Fsp3) is 0.500. The van der Waals surface area contributed by atoms with Crippen molar-refractivity contribution in [1.29, 1.82) is 0 Å². The molecule has 17 heavy (non-hydrogen) atoms. The third kappa shape index (κ3) is 3.17. The molecule has 0 radical (unpaired) electrons. The lowest BCUT2D eigenvalue weighted by atomic mass is 10.0. The zero-order valence-electron chi connectivity index (χ0n) is 9.45. The van der Waals surface area contributed by atoms with Crippen LogP contribution in [-0.4, -0.2) is 28.1 Å². The van der Waals surface area contributed by atoms with Crippen molar-refractivity contribution in [2.45, 2.75) is 31.3 Å². The maximum absolute atomic E-state index is 11.8. The van der Waals surface area contributed by atoms with Crippen molar-refractivity contribution in [1.82, 2.24) is 10.3 Å². The van der Waals surface area contributed by atoms with Crippen molar-refractivity contribution in [3.63, 3.8) is 0 Å². The summed E-state index contributed by atoms with van der Waals surface area (Å²) in [5, 5.41) is 13.1. The zero-order valence-corrected chi connectivity index (χ0v) is 10.2. The maximum atomic E-state index is 11.8. The molecule has 0 bridgehead atoms. The van der Waals surface area contributed by atoms with Gasteiger partial charge in [-0.1, -0.05) is 30.5 Å². The van der Waals surface area contributed by atoms with E-state index in [1.807, 2.05) is 0 Å². The molecule has 2 rings (SSSR count). The van der Waals surface area contributed by atoms with Crippen LogP contribution >= 0.6 is 11.6 Å². The van der Waals surface area contributed by atoms with Crippen LogP contribution in [-0.2, 0) is 0 Å². The lowest BCUT2D eigenvalue weighted by Gasteiger charge is -2.22. The molecule has 0 spiro atoms. The summed E-state index contributed by atoms with van der Waals surface area (Å²) in [6.07, 6.45) is 3.52. The van der Waals surface area contributed by atoms with Crippen molar-refractivity contribution in [2.24, 2.45) is 0 Å². The summed E-state index contributed by atoms with van der Waals surface area (Å²) in [6.45, 7) is 0.278. The second kappa shape index (κ2) is 5.02. The van der Waals surface area contributed by atoms with E-state index >= 15 is 0 Å². The smallest absolute Gasteiger partial charge is 0.270 e. The van der Waals surface area contributed by atoms with E-state index in [9.17, 15) is 9.90 Å². The number of nitrogens with one attached hydrogen (secondary N) is 1. The summed E-state index contributed by atoms with van der Waals surface area (Å²) in [6, 6.07) is 4.89. The number of carbonyl (C=O) groups is 1. The Labute approximate surface area is 105 Å². The van der Waals surface area contributed by atoms with Gasteiger partial charge in [-0.15, -0.1) is 0 Å². The van der Waals surface area contributed by atoms with Crippen LogP contribution < -0.4 is 5.32 Å². The van der Waals surface area contributed by atoms with Crippen molar-refractivity contribution in [2.75, 3.05) is 6.54 Å². The molecule has 1 aromatic heterocycles. The van der Waals surface area contributed by atoms with Crippen LogP contribution in [0, 0.1) is 0 Å². The van der Waals surface area contributed by atoms with Gasteiger partial charge in [-0.3, -0.25) is 4.79 Å². The van der Waals surface area contributed by atoms with Gasteiger partial charge in [0.1, 0.15) is 10.8 Å². The van der Waals surface area contributed by atoms with Gasteiger partial charge in [-0.05, 0) is 25.0 Å². The van der Waals surface area contributed by atoms with Crippen molar-refractivity contribution in [3.05, 3.63) is 29.0 Å². The van der Waals surface area contributed by atoms with E-state index in [-0.39, 0.29) is 23.3 Å². The molecule has 2 N–H and O–H groups in total. The fourth-order valence-corrected chi connectivity index (χ4v) is 2.24. The molecule has 1 saturated carbocycles. The van der Waals surface area contributed by atoms with E-state index in [2.05, 4.69) is 10.3 Å². The molecule has 1 aliphatic rings. The number of pyridine rings is 1. The molecule has 1 fully saturated rings. The van der Waals surface area contributed by atoms with Gasteiger partial charge in [0.25, 0.3) is 5.91 Å². The third-order valence-electron chi connectivity index (χ3n) is 3.06. The fourth-order valence-electron chi connectivity index (χ4n) is 2.08. The van der Waals surface area contributed by atoms with Gasteiger partial charge in [0.2, 0.25) is 0 Å². The van der Waals surface area contributed by atoms with Crippen LogP contribution in [0.5, 0.6) is 0 Å². The lowest BCUT2D eigenvalue weighted by Crippen LogP contribution is -2.41. The van der Waals surface area contributed by atoms with Gasteiger partial charge in [0, 0.05) is 6.54 Å². The number of rotatable bonds is 3. The van der Waals surface area contributed by atoms with Gasteiger partial charge in [-0.2, -0.15) is 0 Å². The molecule has 0 aliphatic heterocycles. The number of aliphatic hydroxyl groups is 1. The van der Waals surface area contributed by atoms with Crippen molar-refractivity contribution in [3.8, 4) is 0 Å². The molecule has 0 atom stereocenters. The monoisotopic (exact) mass is 254 g/mol. The molecular weight excluding hydrogens is 240 g/mol. The summed E-state index contributed by atoms with van der Waals surface area (Å²) in [4.78, 5) is 15.7. The minimum atomic E-state index is -0.742. The molecule has 0 unspecified atom stereocenters. The highest BCUT2D eigenvalue weighted by molar-refractivity contribution is 6.29. The number of carbonyl (C=O) groups excluding carboxylic acids is 1.